The zero-order chi connectivity index (χ0) is 21.2. The molecule has 8 heteroatoms. The molecule has 0 saturated carbocycles. The molecule has 0 unspecified atom stereocenters. The normalized spacial score (nSPS) is 10.8. The van der Waals surface area contributed by atoms with Crippen LogP contribution in [0.5, 0.6) is 23.0 Å². The Hall–Kier alpha value is -4.20. The van der Waals surface area contributed by atoms with E-state index in [1.54, 1.807) is 0 Å². The van der Waals surface area contributed by atoms with Crippen LogP contribution in [0, 0.1) is 0 Å². The van der Waals surface area contributed by atoms with E-state index in [1.807, 2.05) is 0 Å². The van der Waals surface area contributed by atoms with Crippen LogP contribution in [0.4, 0.5) is 0 Å². The minimum absolute atomic E-state index is 0.0552. The van der Waals surface area contributed by atoms with Crippen molar-refractivity contribution in [2.45, 2.75) is 6.42 Å². The third kappa shape index (κ3) is 6.47. The van der Waals surface area contributed by atoms with Gasteiger partial charge in [0.15, 0.2) is 34.6 Å². The molecule has 0 aliphatic rings. The Morgan fingerprint density at radius 3 is 1.55 bits per heavy atom. The van der Waals surface area contributed by atoms with Gasteiger partial charge in [0, 0.05) is 0 Å². The second-order valence-corrected chi connectivity index (χ2v) is 5.66. The molecule has 0 aromatic heterocycles. The first kappa shape index (κ1) is 21.1. The third-order valence-corrected chi connectivity index (χ3v) is 3.59. The van der Waals surface area contributed by atoms with Gasteiger partial charge < -0.3 is 19.7 Å². The maximum absolute atomic E-state index is 11.9. The molecule has 2 rings (SSSR count). The van der Waals surface area contributed by atoms with Crippen LogP contribution >= 0.6 is 0 Å². The average molecular weight is 396 g/mol. The molecule has 8 nitrogen and oxygen atoms in total. The van der Waals surface area contributed by atoms with Crippen molar-refractivity contribution in [3.05, 3.63) is 59.7 Å². The lowest BCUT2D eigenvalue weighted by molar-refractivity contribution is -0.122. The van der Waals surface area contributed by atoms with Crippen molar-refractivity contribution in [3.63, 3.8) is 0 Å². The summed E-state index contributed by atoms with van der Waals surface area (Å²) >= 11 is 0. The molecule has 0 heterocycles. The molecule has 0 amide bonds. The number of aromatic hydroxyl groups is 2. The average Bonchev–Trinajstić information content (AvgIpc) is 2.69. The molecule has 0 aliphatic carbocycles. The summed E-state index contributed by atoms with van der Waals surface area (Å²) < 4.78 is 9.19. The number of rotatable bonds is 10. The zero-order valence-corrected chi connectivity index (χ0v) is 15.0. The maximum Gasteiger partial charge on any atom is 0.298 e. The van der Waals surface area contributed by atoms with Crippen molar-refractivity contribution in [2.24, 2.45) is 0 Å². The number of hydrogen-bond donors (Lipinski definition) is 2. The van der Waals surface area contributed by atoms with Crippen LogP contribution in [-0.2, 0) is 19.2 Å². The Morgan fingerprint density at radius 1 is 0.759 bits per heavy atom. The van der Waals surface area contributed by atoms with Crippen molar-refractivity contribution in [1.82, 2.24) is 0 Å². The molecular formula is C21H16O8. The number of phenols is 2. The third-order valence-electron chi connectivity index (χ3n) is 3.59. The van der Waals surface area contributed by atoms with Crippen LogP contribution in [0.15, 0.2) is 48.6 Å². The zero-order valence-electron chi connectivity index (χ0n) is 15.0. The largest absolute Gasteiger partial charge is 0.504 e. The highest BCUT2D eigenvalue weighted by Gasteiger charge is 2.06. The highest BCUT2D eigenvalue weighted by atomic mass is 16.5. The van der Waals surface area contributed by atoms with Gasteiger partial charge in [0.2, 0.25) is 0 Å². The fourth-order valence-corrected chi connectivity index (χ4v) is 2.23. The number of hydrogen-bond acceptors (Lipinski definition) is 8. The van der Waals surface area contributed by atoms with E-state index in [0.717, 1.165) is 0 Å². The van der Waals surface area contributed by atoms with Crippen molar-refractivity contribution in [2.75, 3.05) is 0 Å². The van der Waals surface area contributed by atoms with E-state index in [4.69, 9.17) is 0 Å². The Bertz CT molecular complexity index is 909. The molecule has 2 N–H and O–H groups in total. The number of ketones is 2. The molecule has 0 aliphatic heterocycles. The molecule has 0 radical (unpaired) electrons. The summed E-state index contributed by atoms with van der Waals surface area (Å²) in [6.45, 7) is 0.335. The topological polar surface area (TPSA) is 127 Å². The van der Waals surface area contributed by atoms with E-state index in [9.17, 15) is 29.4 Å². The smallest absolute Gasteiger partial charge is 0.298 e. The first-order valence-corrected chi connectivity index (χ1v) is 8.21. The lowest BCUT2D eigenvalue weighted by Gasteiger charge is -2.02. The summed E-state index contributed by atoms with van der Waals surface area (Å²) in [6.07, 6.45) is 4.84. The van der Waals surface area contributed by atoms with Gasteiger partial charge in [-0.25, -0.2) is 0 Å². The molecule has 148 valence electrons. The molecule has 2 aromatic carbocycles. The quantitative estimate of drug-likeness (QED) is 0.356. The fourth-order valence-electron chi connectivity index (χ4n) is 2.23. The Morgan fingerprint density at radius 2 is 1.17 bits per heavy atom. The maximum atomic E-state index is 11.9. The molecule has 0 spiro atoms. The number of allylic oxidation sites excluding steroid dienone is 2. The van der Waals surface area contributed by atoms with Gasteiger partial charge in [-0.05, 0) is 47.5 Å². The minimum Gasteiger partial charge on any atom is -0.504 e. The predicted octanol–water partition coefficient (Wildman–Crippen LogP) is 2.42. The van der Waals surface area contributed by atoms with Gasteiger partial charge in [-0.15, -0.1) is 0 Å². The first-order valence-electron chi connectivity index (χ1n) is 8.21. The summed E-state index contributed by atoms with van der Waals surface area (Å²) in [7, 11) is 0. The van der Waals surface area contributed by atoms with Crippen molar-refractivity contribution >= 4 is 36.7 Å². The summed E-state index contributed by atoms with van der Waals surface area (Å²) in [5, 5.41) is 19.0. The number of phenolic OH excluding ortho intramolecular Hbond substituents is 2. The van der Waals surface area contributed by atoms with E-state index >= 15 is 0 Å². The first-order chi connectivity index (χ1) is 13.9. The molecule has 0 saturated heterocycles. The van der Waals surface area contributed by atoms with Crippen LogP contribution in [0.1, 0.15) is 17.5 Å². The molecule has 0 atom stereocenters. The van der Waals surface area contributed by atoms with Gasteiger partial charge in [0.05, 0.1) is 6.42 Å². The molecule has 0 fully saturated rings. The van der Waals surface area contributed by atoms with E-state index in [1.165, 1.54) is 60.7 Å². The number of benzene rings is 2. The number of carbonyl (C=O) groups is 4. The second kappa shape index (κ2) is 10.2. The van der Waals surface area contributed by atoms with E-state index in [0.29, 0.717) is 11.1 Å². The minimum atomic E-state index is -0.457. The van der Waals surface area contributed by atoms with Gasteiger partial charge >= 0.3 is 0 Å². The van der Waals surface area contributed by atoms with Crippen LogP contribution in [0.3, 0.4) is 0 Å². The van der Waals surface area contributed by atoms with Crippen molar-refractivity contribution < 1.29 is 38.9 Å². The van der Waals surface area contributed by atoms with Gasteiger partial charge in [0.25, 0.3) is 12.9 Å². The van der Waals surface area contributed by atoms with Crippen LogP contribution in [0.25, 0.3) is 12.2 Å². The Balaban J connectivity index is 1.97. The summed E-state index contributed by atoms with van der Waals surface area (Å²) in [5.74, 6) is -1.47. The van der Waals surface area contributed by atoms with Gasteiger partial charge in [-0.2, -0.15) is 0 Å². The summed E-state index contributed by atoms with van der Waals surface area (Å²) in [4.78, 5) is 44.6. The Labute approximate surface area is 165 Å². The summed E-state index contributed by atoms with van der Waals surface area (Å²) in [6, 6.07) is 8.33. The highest BCUT2D eigenvalue weighted by Crippen LogP contribution is 2.27. The lowest BCUT2D eigenvalue weighted by Crippen LogP contribution is -2.02. The van der Waals surface area contributed by atoms with E-state index < -0.39 is 11.6 Å². The van der Waals surface area contributed by atoms with Crippen LogP contribution < -0.4 is 9.47 Å². The van der Waals surface area contributed by atoms with Crippen LogP contribution in [-0.4, -0.2) is 34.7 Å². The molecular weight excluding hydrogens is 380 g/mol. The van der Waals surface area contributed by atoms with Gasteiger partial charge in [-0.1, -0.05) is 24.3 Å². The monoisotopic (exact) mass is 396 g/mol. The SMILES string of the molecule is O=COc1cc(/C=C/C(=O)CC(=O)/C=C/c2ccc(O)c(OC=O)c2)ccc1O. The lowest BCUT2D eigenvalue weighted by atomic mass is 10.1. The molecule has 29 heavy (non-hydrogen) atoms. The van der Waals surface area contributed by atoms with E-state index in [2.05, 4.69) is 9.47 Å². The summed E-state index contributed by atoms with van der Waals surface area (Å²) in [5.41, 5.74) is 0.977. The number of carbonyl (C=O) groups excluding carboxylic acids is 4. The fraction of sp³-hybridized carbons (Fsp3) is 0.0476. The molecule has 0 bridgehead atoms. The van der Waals surface area contributed by atoms with Crippen molar-refractivity contribution in [1.29, 1.82) is 0 Å². The highest BCUT2D eigenvalue weighted by molar-refractivity contribution is 6.10. The number of ether oxygens (including phenoxy) is 2. The predicted molar refractivity (Wildman–Crippen MR) is 102 cm³/mol. The van der Waals surface area contributed by atoms with Gasteiger partial charge in [0.1, 0.15) is 0 Å². The standard InChI is InChI=1S/C21H16O8/c22-12-28-20-9-14(3-7-18(20)26)1-5-16(24)11-17(25)6-2-15-4-8-19(27)21(10-15)29-13-23/h1-10,12-13,26-27H,11H2/b5-1+,6-2+. The van der Waals surface area contributed by atoms with Crippen LogP contribution in [0.2, 0.25) is 0 Å². The molecule has 2 aromatic rings. The van der Waals surface area contributed by atoms with Crippen molar-refractivity contribution in [3.8, 4) is 23.0 Å². The van der Waals surface area contributed by atoms with Gasteiger partial charge in [-0.3, -0.25) is 19.2 Å². The Kier molecular flexibility index (Phi) is 7.43. The second-order valence-electron chi connectivity index (χ2n) is 5.66. The van der Waals surface area contributed by atoms with E-state index in [-0.39, 0.29) is 42.4 Å².